The molecule has 0 spiro atoms. The Labute approximate surface area is 119 Å². The van der Waals surface area contributed by atoms with Crippen molar-refractivity contribution in [1.82, 2.24) is 9.78 Å². The molecule has 3 nitrogen and oxygen atoms in total. The molecular formula is C17H19N3. The third kappa shape index (κ3) is 2.12. The van der Waals surface area contributed by atoms with Crippen LogP contribution in [0.1, 0.15) is 29.4 Å². The predicted octanol–water partition coefficient (Wildman–Crippen LogP) is 2.83. The number of aromatic nitrogens is 2. The molecule has 2 aromatic rings. The fourth-order valence-electron chi connectivity index (χ4n) is 3.19. The van der Waals surface area contributed by atoms with Crippen molar-refractivity contribution >= 4 is 0 Å². The number of rotatable bonds is 3. The van der Waals surface area contributed by atoms with Gasteiger partial charge in [0.05, 0.1) is 17.2 Å². The Balaban J connectivity index is 1.89. The van der Waals surface area contributed by atoms with E-state index in [2.05, 4.69) is 48.4 Å². The van der Waals surface area contributed by atoms with Crippen LogP contribution in [-0.2, 0) is 32.7 Å². The minimum Gasteiger partial charge on any atom is -0.272 e. The Morgan fingerprint density at radius 1 is 1.30 bits per heavy atom. The summed E-state index contributed by atoms with van der Waals surface area (Å²) in [6.45, 7) is 2.11. The van der Waals surface area contributed by atoms with Crippen LogP contribution in [0, 0.1) is 16.7 Å². The zero-order valence-corrected chi connectivity index (χ0v) is 12.1. The van der Waals surface area contributed by atoms with Gasteiger partial charge in [0.1, 0.15) is 0 Å². The molecule has 0 amide bonds. The topological polar surface area (TPSA) is 41.6 Å². The van der Waals surface area contributed by atoms with E-state index in [1.54, 1.807) is 0 Å². The van der Waals surface area contributed by atoms with Gasteiger partial charge >= 0.3 is 0 Å². The third-order valence-corrected chi connectivity index (χ3v) is 4.32. The lowest BCUT2D eigenvalue weighted by Gasteiger charge is -2.20. The van der Waals surface area contributed by atoms with Crippen molar-refractivity contribution in [3.8, 4) is 6.07 Å². The SMILES string of the molecule is CCc1cc(CC2(C#N)Cc3ccccc3C2)n(C)n1. The average molecular weight is 265 g/mol. The van der Waals surface area contributed by atoms with Gasteiger partial charge in [-0.1, -0.05) is 31.2 Å². The van der Waals surface area contributed by atoms with E-state index in [9.17, 15) is 5.26 Å². The standard InChI is InChI=1S/C17H19N3/c1-3-15-8-16(20(2)19-15)11-17(12-18)9-13-6-4-5-7-14(13)10-17/h4-8H,3,9-11H2,1-2H3. The van der Waals surface area contributed by atoms with E-state index < -0.39 is 0 Å². The van der Waals surface area contributed by atoms with Crippen molar-refractivity contribution in [1.29, 1.82) is 5.26 Å². The van der Waals surface area contributed by atoms with Gasteiger partial charge in [-0.3, -0.25) is 4.68 Å². The second-order valence-electron chi connectivity index (χ2n) is 5.80. The smallest absolute Gasteiger partial charge is 0.0709 e. The molecule has 0 radical (unpaired) electrons. The van der Waals surface area contributed by atoms with Gasteiger partial charge < -0.3 is 0 Å². The predicted molar refractivity (Wildman–Crippen MR) is 78.2 cm³/mol. The highest BCUT2D eigenvalue weighted by Crippen LogP contribution is 2.39. The normalized spacial score (nSPS) is 15.8. The Bertz CT molecular complexity index is 651. The summed E-state index contributed by atoms with van der Waals surface area (Å²) in [5.74, 6) is 0. The van der Waals surface area contributed by atoms with Crippen molar-refractivity contribution in [2.45, 2.75) is 32.6 Å². The van der Waals surface area contributed by atoms with Crippen LogP contribution in [0.15, 0.2) is 30.3 Å². The first-order valence-corrected chi connectivity index (χ1v) is 7.15. The summed E-state index contributed by atoms with van der Waals surface area (Å²) >= 11 is 0. The van der Waals surface area contributed by atoms with Crippen molar-refractivity contribution < 1.29 is 0 Å². The van der Waals surface area contributed by atoms with E-state index in [-0.39, 0.29) is 5.41 Å². The molecule has 0 unspecified atom stereocenters. The van der Waals surface area contributed by atoms with Gasteiger partial charge in [-0.15, -0.1) is 0 Å². The summed E-state index contributed by atoms with van der Waals surface area (Å²) in [7, 11) is 1.97. The van der Waals surface area contributed by atoms with E-state index in [4.69, 9.17) is 0 Å². The summed E-state index contributed by atoms with van der Waals surface area (Å²) in [5, 5.41) is 14.2. The second-order valence-corrected chi connectivity index (χ2v) is 5.80. The zero-order valence-electron chi connectivity index (χ0n) is 12.1. The summed E-state index contributed by atoms with van der Waals surface area (Å²) in [5.41, 5.74) is 4.61. The van der Waals surface area contributed by atoms with Crippen LogP contribution in [0.3, 0.4) is 0 Å². The quantitative estimate of drug-likeness (QED) is 0.856. The minimum atomic E-state index is -0.303. The Morgan fingerprint density at radius 3 is 2.45 bits per heavy atom. The molecule has 1 aromatic carbocycles. The highest BCUT2D eigenvalue weighted by Gasteiger charge is 2.38. The molecular weight excluding hydrogens is 246 g/mol. The molecule has 1 heterocycles. The van der Waals surface area contributed by atoms with Gasteiger partial charge in [0.2, 0.25) is 0 Å². The lowest BCUT2D eigenvalue weighted by Crippen LogP contribution is -2.23. The van der Waals surface area contributed by atoms with E-state index in [1.165, 1.54) is 11.1 Å². The van der Waals surface area contributed by atoms with Crippen molar-refractivity contribution in [2.24, 2.45) is 12.5 Å². The molecule has 20 heavy (non-hydrogen) atoms. The molecule has 3 rings (SSSR count). The number of hydrogen-bond acceptors (Lipinski definition) is 2. The maximum atomic E-state index is 9.73. The van der Waals surface area contributed by atoms with E-state index in [1.807, 2.05) is 11.7 Å². The number of nitrogens with zero attached hydrogens (tertiary/aromatic N) is 3. The van der Waals surface area contributed by atoms with E-state index >= 15 is 0 Å². The van der Waals surface area contributed by atoms with E-state index in [0.29, 0.717) is 0 Å². The highest BCUT2D eigenvalue weighted by molar-refractivity contribution is 5.38. The number of hydrogen-bond donors (Lipinski definition) is 0. The number of benzene rings is 1. The van der Waals surface area contributed by atoms with Crippen molar-refractivity contribution in [2.75, 3.05) is 0 Å². The molecule has 0 saturated heterocycles. The molecule has 0 saturated carbocycles. The molecule has 3 heteroatoms. The largest absolute Gasteiger partial charge is 0.272 e. The molecule has 0 N–H and O–H groups in total. The number of aryl methyl sites for hydroxylation is 2. The average Bonchev–Trinajstić information content (AvgIpc) is 3.00. The van der Waals surface area contributed by atoms with Crippen LogP contribution >= 0.6 is 0 Å². The molecule has 0 atom stereocenters. The van der Waals surface area contributed by atoms with Gasteiger partial charge in [-0.25, -0.2) is 0 Å². The van der Waals surface area contributed by atoms with Crippen LogP contribution < -0.4 is 0 Å². The fourth-order valence-corrected chi connectivity index (χ4v) is 3.19. The van der Waals surface area contributed by atoms with Gasteiger partial charge in [0.25, 0.3) is 0 Å². The maximum Gasteiger partial charge on any atom is 0.0709 e. The second kappa shape index (κ2) is 4.79. The minimum absolute atomic E-state index is 0.303. The summed E-state index contributed by atoms with van der Waals surface area (Å²) in [6.07, 6.45) is 3.42. The third-order valence-electron chi connectivity index (χ3n) is 4.32. The number of nitriles is 1. The molecule has 0 aliphatic heterocycles. The molecule has 1 aliphatic rings. The van der Waals surface area contributed by atoms with Crippen LogP contribution in [0.25, 0.3) is 0 Å². The molecule has 1 aromatic heterocycles. The van der Waals surface area contributed by atoms with Crippen molar-refractivity contribution in [3.05, 3.63) is 52.8 Å². The van der Waals surface area contributed by atoms with Crippen molar-refractivity contribution in [3.63, 3.8) is 0 Å². The lowest BCUT2D eigenvalue weighted by molar-refractivity contribution is 0.405. The molecule has 1 aliphatic carbocycles. The van der Waals surface area contributed by atoms with Crippen LogP contribution in [0.4, 0.5) is 0 Å². The van der Waals surface area contributed by atoms with Gasteiger partial charge in [-0.2, -0.15) is 10.4 Å². The Morgan fingerprint density at radius 2 is 1.95 bits per heavy atom. The Hall–Kier alpha value is -2.08. The van der Waals surface area contributed by atoms with Gasteiger partial charge in [-0.05, 0) is 36.5 Å². The summed E-state index contributed by atoms with van der Waals surface area (Å²) in [4.78, 5) is 0. The lowest BCUT2D eigenvalue weighted by atomic mass is 9.81. The van der Waals surface area contributed by atoms with Gasteiger partial charge in [0.15, 0.2) is 0 Å². The summed E-state index contributed by atoms with van der Waals surface area (Å²) in [6, 6.07) is 13.1. The van der Waals surface area contributed by atoms with E-state index in [0.717, 1.165) is 37.1 Å². The monoisotopic (exact) mass is 265 g/mol. The molecule has 0 bridgehead atoms. The summed E-state index contributed by atoms with van der Waals surface area (Å²) < 4.78 is 1.93. The fraction of sp³-hybridized carbons (Fsp3) is 0.412. The van der Waals surface area contributed by atoms with Crippen LogP contribution in [0.2, 0.25) is 0 Å². The zero-order chi connectivity index (χ0) is 14.2. The number of fused-ring (bicyclic) bond motifs is 1. The maximum absolute atomic E-state index is 9.73. The van der Waals surface area contributed by atoms with Gasteiger partial charge in [0, 0.05) is 19.2 Å². The first kappa shape index (κ1) is 12.9. The highest BCUT2D eigenvalue weighted by atomic mass is 15.3. The van der Waals surface area contributed by atoms with Crippen LogP contribution in [-0.4, -0.2) is 9.78 Å². The first-order chi connectivity index (χ1) is 9.65. The van der Waals surface area contributed by atoms with Crippen LogP contribution in [0.5, 0.6) is 0 Å². The molecule has 102 valence electrons. The first-order valence-electron chi connectivity index (χ1n) is 7.15. The molecule has 0 fully saturated rings. The Kier molecular flexibility index (Phi) is 3.10.